The van der Waals surface area contributed by atoms with Gasteiger partial charge in [0.05, 0.1) is 21.5 Å². The SMILES string of the molecule is CC[C@@H]1C[C@H](N(Cc2cc(C(F)(F)F)cc(C(F)(F)F)c2)c2ncc(Br)cn2)C[C@H](Cc2ccccc2)N1C(=O)[C@H]1CC[C@@H](C(=O)O)CC1. The quantitative estimate of drug-likeness (QED) is 0.221. The first-order valence-corrected chi connectivity index (χ1v) is 17.0. The summed E-state index contributed by atoms with van der Waals surface area (Å²) in [5, 5.41) is 9.48. The van der Waals surface area contributed by atoms with E-state index in [-0.39, 0.29) is 48.0 Å². The molecule has 2 fully saturated rings. The highest BCUT2D eigenvalue weighted by Gasteiger charge is 2.44. The van der Waals surface area contributed by atoms with Crippen molar-refractivity contribution in [2.75, 3.05) is 4.90 Å². The van der Waals surface area contributed by atoms with E-state index in [0.29, 0.717) is 55.8 Å². The van der Waals surface area contributed by atoms with E-state index in [0.717, 1.165) is 17.7 Å². The summed E-state index contributed by atoms with van der Waals surface area (Å²) >= 11 is 3.29. The minimum absolute atomic E-state index is 0.0470. The summed E-state index contributed by atoms with van der Waals surface area (Å²) < 4.78 is 83.4. The largest absolute Gasteiger partial charge is 0.481 e. The Hall–Kier alpha value is -3.68. The first-order valence-electron chi connectivity index (χ1n) is 16.3. The average Bonchev–Trinajstić information content (AvgIpc) is 3.06. The van der Waals surface area contributed by atoms with Crippen LogP contribution in [0.2, 0.25) is 0 Å². The van der Waals surface area contributed by atoms with Gasteiger partial charge in [-0.2, -0.15) is 26.3 Å². The number of halogens is 7. The molecule has 0 bridgehead atoms. The molecule has 1 saturated carbocycles. The number of aromatic nitrogens is 2. The van der Waals surface area contributed by atoms with Crippen molar-refractivity contribution >= 4 is 33.8 Å². The lowest BCUT2D eigenvalue weighted by Crippen LogP contribution is -2.59. The molecular weight excluding hydrogens is 718 g/mol. The third kappa shape index (κ3) is 8.92. The molecule has 264 valence electrons. The molecule has 14 heteroatoms. The Labute approximate surface area is 288 Å². The molecule has 0 spiro atoms. The fourth-order valence-corrected chi connectivity index (χ4v) is 7.42. The molecule has 1 aliphatic carbocycles. The third-order valence-corrected chi connectivity index (χ3v) is 10.1. The molecule has 2 aromatic carbocycles. The highest BCUT2D eigenvalue weighted by Crippen LogP contribution is 2.40. The summed E-state index contributed by atoms with van der Waals surface area (Å²) in [4.78, 5) is 38.2. The molecule has 2 heterocycles. The van der Waals surface area contributed by atoms with E-state index >= 15 is 0 Å². The van der Waals surface area contributed by atoms with Gasteiger partial charge in [0, 0.05) is 43.0 Å². The van der Waals surface area contributed by atoms with Crippen molar-refractivity contribution in [1.29, 1.82) is 0 Å². The topological polar surface area (TPSA) is 86.6 Å². The van der Waals surface area contributed by atoms with Gasteiger partial charge in [-0.3, -0.25) is 9.59 Å². The van der Waals surface area contributed by atoms with E-state index in [2.05, 4.69) is 25.9 Å². The van der Waals surface area contributed by atoms with Gasteiger partial charge in [0.1, 0.15) is 0 Å². The lowest BCUT2D eigenvalue weighted by molar-refractivity contribution is -0.149. The van der Waals surface area contributed by atoms with Crippen LogP contribution in [-0.2, 0) is 34.9 Å². The summed E-state index contributed by atoms with van der Waals surface area (Å²) in [6, 6.07) is 10.0. The van der Waals surface area contributed by atoms with Crippen LogP contribution in [0.5, 0.6) is 0 Å². The number of rotatable bonds is 9. The van der Waals surface area contributed by atoms with Gasteiger partial charge in [-0.15, -0.1) is 0 Å². The van der Waals surface area contributed by atoms with Crippen LogP contribution in [-0.4, -0.2) is 50.0 Å². The van der Waals surface area contributed by atoms with Gasteiger partial charge in [-0.05, 0) is 96.6 Å². The smallest absolute Gasteiger partial charge is 0.416 e. The molecule has 1 aromatic heterocycles. The van der Waals surface area contributed by atoms with E-state index in [4.69, 9.17) is 0 Å². The minimum Gasteiger partial charge on any atom is -0.481 e. The number of amides is 1. The molecule has 0 unspecified atom stereocenters. The van der Waals surface area contributed by atoms with Crippen LogP contribution in [0, 0.1) is 11.8 Å². The van der Waals surface area contributed by atoms with Crippen LogP contribution in [0.15, 0.2) is 65.4 Å². The van der Waals surface area contributed by atoms with Gasteiger partial charge in [-0.1, -0.05) is 37.3 Å². The molecule has 2 aliphatic rings. The predicted molar refractivity (Wildman–Crippen MR) is 173 cm³/mol. The maximum absolute atomic E-state index is 14.3. The van der Waals surface area contributed by atoms with Crippen LogP contribution >= 0.6 is 15.9 Å². The number of aliphatic carboxylic acids is 1. The van der Waals surface area contributed by atoms with E-state index in [1.807, 2.05) is 42.2 Å². The average molecular weight is 756 g/mol. The Kier molecular flexibility index (Phi) is 11.2. The van der Waals surface area contributed by atoms with Gasteiger partial charge in [0.2, 0.25) is 11.9 Å². The van der Waals surface area contributed by atoms with Crippen molar-refractivity contribution in [3.05, 3.63) is 87.7 Å². The molecule has 0 radical (unpaired) electrons. The van der Waals surface area contributed by atoms with Crippen LogP contribution in [0.4, 0.5) is 32.3 Å². The minimum atomic E-state index is -5.00. The zero-order valence-corrected chi connectivity index (χ0v) is 28.3. The Morgan fingerprint density at radius 1 is 0.857 bits per heavy atom. The van der Waals surface area contributed by atoms with Crippen molar-refractivity contribution in [3.8, 4) is 0 Å². The van der Waals surface area contributed by atoms with Gasteiger partial charge >= 0.3 is 18.3 Å². The van der Waals surface area contributed by atoms with Gasteiger partial charge in [0.15, 0.2) is 0 Å². The highest BCUT2D eigenvalue weighted by atomic mass is 79.9. The van der Waals surface area contributed by atoms with Crippen molar-refractivity contribution in [1.82, 2.24) is 14.9 Å². The first kappa shape index (κ1) is 36.6. The van der Waals surface area contributed by atoms with Crippen molar-refractivity contribution in [2.45, 2.75) is 95.3 Å². The number of hydrogen-bond donors (Lipinski definition) is 1. The Morgan fingerprint density at radius 3 is 1.94 bits per heavy atom. The number of carboxylic acid groups (broad SMARTS) is 1. The standard InChI is InChI=1S/C35H37BrF6N4O3/c1-2-28-16-29(17-30(14-21-6-4-3-5-7-21)46(28)31(47)23-8-10-24(11-9-23)32(48)49)45(33-43-18-27(36)19-44-33)20-22-12-25(34(37,38)39)15-26(13-22)35(40,41)42/h3-7,12-13,15,18-19,23-24,28-30H,2,8-11,14,16-17,20H2,1H3,(H,48,49)/t23-,24+,28-,29+,30+/m1/s1. The van der Waals surface area contributed by atoms with Crippen molar-refractivity contribution in [3.63, 3.8) is 0 Å². The zero-order chi connectivity index (χ0) is 35.5. The van der Waals surface area contributed by atoms with Crippen molar-refractivity contribution in [2.24, 2.45) is 11.8 Å². The van der Waals surface area contributed by atoms with Crippen LogP contribution in [0.3, 0.4) is 0 Å². The Bertz CT molecular complexity index is 1570. The number of hydrogen-bond acceptors (Lipinski definition) is 5. The summed E-state index contributed by atoms with van der Waals surface area (Å²) in [5.74, 6) is -1.59. The number of carbonyl (C=O) groups excluding carboxylic acids is 1. The molecule has 5 rings (SSSR count). The number of carboxylic acids is 1. The number of anilines is 1. The molecule has 1 aliphatic heterocycles. The molecule has 1 amide bonds. The van der Waals surface area contributed by atoms with Gasteiger partial charge < -0.3 is 14.9 Å². The lowest BCUT2D eigenvalue weighted by Gasteiger charge is -2.49. The number of benzene rings is 2. The number of likely N-dealkylation sites (tertiary alicyclic amines) is 1. The molecule has 1 saturated heterocycles. The summed E-state index contributed by atoms with van der Waals surface area (Å²) in [6.45, 7) is 1.61. The number of carbonyl (C=O) groups is 2. The fourth-order valence-electron chi connectivity index (χ4n) is 7.22. The number of alkyl halides is 6. The normalized spacial score (nSPS) is 23.3. The fraction of sp³-hybridized carbons (Fsp3) is 0.486. The second-order valence-corrected chi connectivity index (χ2v) is 13.8. The summed E-state index contributed by atoms with van der Waals surface area (Å²) in [6.07, 6.45) is -3.58. The molecule has 3 atom stereocenters. The summed E-state index contributed by atoms with van der Waals surface area (Å²) in [7, 11) is 0. The van der Waals surface area contributed by atoms with E-state index < -0.39 is 41.4 Å². The lowest BCUT2D eigenvalue weighted by atomic mass is 9.79. The van der Waals surface area contributed by atoms with Gasteiger partial charge in [-0.25, -0.2) is 9.97 Å². The number of nitrogens with zero attached hydrogens (tertiary/aromatic N) is 4. The van der Waals surface area contributed by atoms with Crippen LogP contribution < -0.4 is 4.90 Å². The van der Waals surface area contributed by atoms with Crippen LogP contribution in [0.1, 0.15) is 74.1 Å². The second kappa shape index (κ2) is 15.1. The maximum Gasteiger partial charge on any atom is 0.416 e. The molecule has 49 heavy (non-hydrogen) atoms. The van der Waals surface area contributed by atoms with Crippen molar-refractivity contribution < 1.29 is 41.0 Å². The first-order chi connectivity index (χ1) is 23.1. The molecule has 3 aromatic rings. The third-order valence-electron chi connectivity index (χ3n) is 9.65. The summed E-state index contributed by atoms with van der Waals surface area (Å²) in [5.41, 5.74) is -2.04. The van der Waals surface area contributed by atoms with E-state index in [1.54, 1.807) is 4.90 Å². The highest BCUT2D eigenvalue weighted by molar-refractivity contribution is 9.10. The second-order valence-electron chi connectivity index (χ2n) is 12.9. The molecule has 1 N–H and O–H groups in total. The molecule has 7 nitrogen and oxygen atoms in total. The zero-order valence-electron chi connectivity index (χ0n) is 26.7. The monoisotopic (exact) mass is 754 g/mol. The Morgan fingerprint density at radius 2 is 1.41 bits per heavy atom. The maximum atomic E-state index is 14.3. The predicted octanol–water partition coefficient (Wildman–Crippen LogP) is 8.56. The molecular formula is C35H37BrF6N4O3. The van der Waals surface area contributed by atoms with E-state index in [1.165, 1.54) is 12.4 Å². The van der Waals surface area contributed by atoms with Crippen LogP contribution in [0.25, 0.3) is 0 Å². The van der Waals surface area contributed by atoms with Gasteiger partial charge in [0.25, 0.3) is 0 Å². The number of piperidine rings is 1. The van der Waals surface area contributed by atoms with E-state index in [9.17, 15) is 41.0 Å². The Balaban J connectivity index is 1.52.